The molecule has 0 fully saturated rings. The number of hydrogen-bond acceptors (Lipinski definition) is 7. The topological polar surface area (TPSA) is 120 Å². The smallest absolute Gasteiger partial charge is 0.744 e. The van der Waals surface area contributed by atoms with Crippen molar-refractivity contribution in [2.75, 3.05) is 18.6 Å². The molecule has 1 N–H and O–H groups in total. The van der Waals surface area contributed by atoms with Gasteiger partial charge in [-0.3, -0.25) is 4.79 Å². The Balaban J connectivity index is 0.00000364. The van der Waals surface area contributed by atoms with Gasteiger partial charge in [-0.1, -0.05) is 30.3 Å². The van der Waals surface area contributed by atoms with Gasteiger partial charge in [-0.2, -0.15) is 0 Å². The van der Waals surface area contributed by atoms with Crippen LogP contribution in [0.4, 0.5) is 0 Å². The molecule has 0 aliphatic heterocycles. The second-order valence-corrected chi connectivity index (χ2v) is 11.5. The average Bonchev–Trinajstić information content (AvgIpc) is 2.52. The van der Waals surface area contributed by atoms with E-state index in [0.29, 0.717) is 23.7 Å². The molecular weight excluding hydrogens is 421 g/mol. The zero-order valence-corrected chi connectivity index (χ0v) is 19.4. The Morgan fingerprint density at radius 2 is 1.70 bits per heavy atom. The molecule has 0 saturated carbocycles. The van der Waals surface area contributed by atoms with Crippen molar-refractivity contribution in [2.24, 2.45) is 0 Å². The van der Waals surface area contributed by atoms with Crippen molar-refractivity contribution in [2.45, 2.75) is 17.7 Å². The molecule has 0 aromatic heterocycles. The number of hydrogen-bond donors (Lipinski definition) is 1. The predicted molar refractivity (Wildman–Crippen MR) is 101 cm³/mol. The van der Waals surface area contributed by atoms with Gasteiger partial charge in [0.2, 0.25) is 5.91 Å². The zero-order valence-electron chi connectivity index (χ0n) is 15.0. The van der Waals surface area contributed by atoms with E-state index in [1.807, 2.05) is 0 Å². The van der Waals surface area contributed by atoms with Crippen molar-refractivity contribution < 1.29 is 55.7 Å². The van der Waals surface area contributed by atoms with E-state index in [-0.39, 0.29) is 52.5 Å². The first-order valence-corrected chi connectivity index (χ1v) is 12.5. The van der Waals surface area contributed by atoms with Gasteiger partial charge < -0.3 is 9.87 Å². The number of amides is 1. The van der Waals surface area contributed by atoms with Gasteiger partial charge in [-0.25, -0.2) is 16.8 Å². The number of rotatable bonds is 8. The molecule has 0 aliphatic carbocycles. The number of benzene rings is 2. The fourth-order valence-electron chi connectivity index (χ4n) is 2.49. The summed E-state index contributed by atoms with van der Waals surface area (Å²) >= 11 is 0. The average molecular weight is 440 g/mol. The van der Waals surface area contributed by atoms with E-state index in [4.69, 9.17) is 0 Å². The second-order valence-electron chi connectivity index (χ2n) is 5.60. The molecule has 27 heavy (non-hydrogen) atoms. The molecule has 7 nitrogen and oxygen atoms in total. The monoisotopic (exact) mass is 439 g/mol. The van der Waals surface area contributed by atoms with Crippen LogP contribution < -0.4 is 34.9 Å². The second kappa shape index (κ2) is 10.2. The Bertz CT molecular complexity index is 1020. The standard InChI is InChI=1S/C16H19NO6S3.Na/c1-25(19,20)24-11-9-16(18)17-10-8-12-4-2-6-14-13(12)5-3-7-15(14)26(21,22)23;/h2-7H,8-11H2,1H3,(H,17,18)(H,21,22,23);/q;+1/p-1. The summed E-state index contributed by atoms with van der Waals surface area (Å²) in [6.45, 7) is 0.315. The van der Waals surface area contributed by atoms with Crippen LogP contribution in [0.25, 0.3) is 10.8 Å². The molecule has 0 spiro atoms. The van der Waals surface area contributed by atoms with Crippen LogP contribution in [0.1, 0.15) is 12.0 Å². The van der Waals surface area contributed by atoms with E-state index in [1.54, 1.807) is 24.3 Å². The maximum Gasteiger partial charge on any atom is 1.00 e. The molecule has 11 heteroatoms. The number of nitrogens with one attached hydrogen (secondary N) is 1. The van der Waals surface area contributed by atoms with Gasteiger partial charge in [0.1, 0.15) is 10.1 Å². The molecule has 2 aromatic rings. The van der Waals surface area contributed by atoms with E-state index in [9.17, 15) is 26.2 Å². The zero-order chi connectivity index (χ0) is 19.4. The molecule has 0 heterocycles. The van der Waals surface area contributed by atoms with Crippen molar-refractivity contribution in [1.82, 2.24) is 5.32 Å². The molecule has 2 aromatic carbocycles. The minimum Gasteiger partial charge on any atom is -0.744 e. The molecule has 0 atom stereocenters. The molecule has 0 unspecified atom stereocenters. The van der Waals surface area contributed by atoms with E-state index in [0.717, 1.165) is 22.6 Å². The van der Waals surface area contributed by atoms with E-state index >= 15 is 0 Å². The minimum atomic E-state index is -4.57. The van der Waals surface area contributed by atoms with Gasteiger partial charge in [0.05, 0.1) is 4.90 Å². The van der Waals surface area contributed by atoms with Gasteiger partial charge in [0, 0.05) is 25.0 Å². The maximum atomic E-state index is 11.7. The first-order chi connectivity index (χ1) is 12.1. The van der Waals surface area contributed by atoms with Gasteiger partial charge in [0.15, 0.2) is 8.87 Å². The van der Waals surface area contributed by atoms with Crippen molar-refractivity contribution in [3.05, 3.63) is 42.0 Å². The fourth-order valence-corrected chi connectivity index (χ4v) is 4.92. The Morgan fingerprint density at radius 3 is 2.33 bits per heavy atom. The number of carbonyl (C=O) groups is 1. The van der Waals surface area contributed by atoms with Crippen molar-refractivity contribution in [3.8, 4) is 0 Å². The maximum absolute atomic E-state index is 11.7. The largest absolute Gasteiger partial charge is 1.00 e. The molecule has 1 amide bonds. The molecule has 142 valence electrons. The number of fused-ring (bicyclic) bond motifs is 1. The Labute approximate surface area is 184 Å². The Kier molecular flexibility index (Phi) is 9.26. The van der Waals surface area contributed by atoms with Crippen LogP contribution in [-0.2, 0) is 30.2 Å². The summed E-state index contributed by atoms with van der Waals surface area (Å²) in [5, 5.41) is 3.70. The van der Waals surface area contributed by atoms with E-state index in [1.165, 1.54) is 12.1 Å². The van der Waals surface area contributed by atoms with Gasteiger partial charge in [0.25, 0.3) is 0 Å². The summed E-state index contributed by atoms with van der Waals surface area (Å²) in [5.41, 5.74) is 0.804. The van der Waals surface area contributed by atoms with E-state index < -0.39 is 19.0 Å². The predicted octanol–water partition coefficient (Wildman–Crippen LogP) is -1.51. The first kappa shape index (κ1) is 24.4. The van der Waals surface area contributed by atoms with Crippen molar-refractivity contribution in [3.63, 3.8) is 0 Å². The molecule has 0 radical (unpaired) electrons. The third kappa shape index (κ3) is 7.72. The van der Waals surface area contributed by atoms with Crippen LogP contribution >= 0.6 is 10.8 Å². The SMILES string of the molecule is CS(=O)(=O)SCCC(=O)NCCc1cccc2c(S(=O)(=O)[O-])cccc12.[Na+]. The fraction of sp³-hybridized carbons (Fsp3) is 0.312. The third-order valence-electron chi connectivity index (χ3n) is 3.58. The summed E-state index contributed by atoms with van der Waals surface area (Å²) in [6.07, 6.45) is 1.63. The van der Waals surface area contributed by atoms with Crippen LogP contribution in [0.2, 0.25) is 0 Å². The summed E-state index contributed by atoms with van der Waals surface area (Å²) < 4.78 is 56.1. The number of carbonyl (C=O) groups excluding carboxylic acids is 1. The molecule has 0 saturated heterocycles. The van der Waals surface area contributed by atoms with Crippen LogP contribution in [0.5, 0.6) is 0 Å². The van der Waals surface area contributed by atoms with Gasteiger partial charge in [-0.15, -0.1) is 0 Å². The van der Waals surface area contributed by atoms with Crippen LogP contribution in [-0.4, -0.2) is 45.8 Å². The molecular formula is C16H18NNaO6S3. The Morgan fingerprint density at radius 1 is 1.07 bits per heavy atom. The van der Waals surface area contributed by atoms with Crippen LogP contribution in [0.3, 0.4) is 0 Å². The van der Waals surface area contributed by atoms with E-state index in [2.05, 4.69) is 5.32 Å². The normalized spacial score (nSPS) is 11.8. The third-order valence-corrected chi connectivity index (χ3v) is 7.06. The first-order valence-electron chi connectivity index (χ1n) is 7.65. The van der Waals surface area contributed by atoms with Gasteiger partial charge >= 0.3 is 29.6 Å². The van der Waals surface area contributed by atoms with Crippen molar-refractivity contribution >= 4 is 46.5 Å². The summed E-state index contributed by atoms with van der Waals surface area (Å²) in [7, 11) is -7.01. The summed E-state index contributed by atoms with van der Waals surface area (Å²) in [6, 6.07) is 9.55. The molecule has 2 rings (SSSR count). The summed E-state index contributed by atoms with van der Waals surface area (Å²) in [5.74, 6) is -0.0758. The molecule has 0 bridgehead atoms. The molecule has 0 aliphatic rings. The Hall–Kier alpha value is -0.620. The summed E-state index contributed by atoms with van der Waals surface area (Å²) in [4.78, 5) is 11.5. The van der Waals surface area contributed by atoms with Crippen LogP contribution in [0.15, 0.2) is 41.3 Å². The quantitative estimate of drug-likeness (QED) is 0.302. The van der Waals surface area contributed by atoms with Crippen LogP contribution in [0, 0.1) is 0 Å². The minimum absolute atomic E-state index is 0. The van der Waals surface area contributed by atoms with Crippen molar-refractivity contribution in [1.29, 1.82) is 0 Å². The van der Waals surface area contributed by atoms with Gasteiger partial charge in [-0.05, 0) is 39.6 Å².